The van der Waals surface area contributed by atoms with E-state index < -0.39 is 21.4 Å². The van der Waals surface area contributed by atoms with Gasteiger partial charge in [0.1, 0.15) is 12.4 Å². The Bertz CT molecular complexity index is 1510. The van der Waals surface area contributed by atoms with Crippen molar-refractivity contribution in [3.05, 3.63) is 95.1 Å². The van der Waals surface area contributed by atoms with E-state index in [4.69, 9.17) is 9.47 Å². The summed E-state index contributed by atoms with van der Waals surface area (Å²) < 4.78 is 37.1. The number of ether oxygens (including phenoxy) is 2. The third-order valence-electron chi connectivity index (χ3n) is 8.97. The van der Waals surface area contributed by atoms with Gasteiger partial charge in [-0.05, 0) is 53.3 Å². The number of sulfonamides is 1. The van der Waals surface area contributed by atoms with Crippen LogP contribution in [0.3, 0.4) is 0 Å². The summed E-state index contributed by atoms with van der Waals surface area (Å²) in [5.74, 6) is -0.0788. The molecule has 0 aliphatic carbocycles. The second-order valence-corrected chi connectivity index (χ2v) is 13.8. The molecule has 3 aromatic carbocycles. The summed E-state index contributed by atoms with van der Waals surface area (Å²) in [6.07, 6.45) is 3.03. The average Bonchev–Trinajstić information content (AvgIpc) is 3.23. The fourth-order valence-electron chi connectivity index (χ4n) is 6.59. The Morgan fingerprint density at radius 3 is 2.22 bits per heavy atom. The molecule has 9 heteroatoms. The second kappa shape index (κ2) is 10.8. The summed E-state index contributed by atoms with van der Waals surface area (Å²) in [6, 6.07) is 24.7. The topological polar surface area (TPSA) is 96.4 Å². The SMILES string of the molecule is CS(=O)(=O)N1CCC2(CC1)CN(Cc1ccc(COc3ccc(C4(CC(=O)O)COC4)cc3)cc1)c1ccccc12. The van der Waals surface area contributed by atoms with Gasteiger partial charge in [-0.25, -0.2) is 12.7 Å². The number of hydrogen-bond donors (Lipinski definition) is 1. The van der Waals surface area contributed by atoms with E-state index in [0.717, 1.165) is 42.8 Å². The monoisotopic (exact) mass is 576 g/mol. The van der Waals surface area contributed by atoms with Gasteiger partial charge < -0.3 is 19.5 Å². The highest BCUT2D eigenvalue weighted by Gasteiger charge is 2.45. The van der Waals surface area contributed by atoms with E-state index in [1.165, 1.54) is 23.1 Å². The summed E-state index contributed by atoms with van der Waals surface area (Å²) >= 11 is 0. The zero-order valence-electron chi connectivity index (χ0n) is 23.3. The molecule has 0 aromatic heterocycles. The molecular weight excluding hydrogens is 540 g/mol. The van der Waals surface area contributed by atoms with Gasteiger partial charge in [0.25, 0.3) is 0 Å². The van der Waals surface area contributed by atoms with Gasteiger partial charge in [0.05, 0.1) is 31.3 Å². The lowest BCUT2D eigenvalue weighted by Crippen LogP contribution is -2.48. The van der Waals surface area contributed by atoms with Crippen molar-refractivity contribution in [2.24, 2.45) is 0 Å². The third kappa shape index (κ3) is 5.58. The summed E-state index contributed by atoms with van der Waals surface area (Å²) in [7, 11) is -3.16. The lowest BCUT2D eigenvalue weighted by molar-refractivity contribution is -0.145. The number of fused-ring (bicyclic) bond motifs is 2. The minimum Gasteiger partial charge on any atom is -0.489 e. The Labute approximate surface area is 241 Å². The van der Waals surface area contributed by atoms with Crippen molar-refractivity contribution >= 4 is 21.7 Å². The molecule has 216 valence electrons. The smallest absolute Gasteiger partial charge is 0.304 e. The lowest BCUT2D eigenvalue weighted by Gasteiger charge is -2.40. The van der Waals surface area contributed by atoms with Crippen molar-refractivity contribution in [3.63, 3.8) is 0 Å². The minimum absolute atomic E-state index is 0.0138. The summed E-state index contributed by atoms with van der Waals surface area (Å²) in [4.78, 5) is 13.7. The Morgan fingerprint density at radius 2 is 1.61 bits per heavy atom. The summed E-state index contributed by atoms with van der Waals surface area (Å²) in [6.45, 7) is 4.11. The van der Waals surface area contributed by atoms with Crippen LogP contribution < -0.4 is 9.64 Å². The van der Waals surface area contributed by atoms with Crippen LogP contribution in [0, 0.1) is 0 Å². The van der Waals surface area contributed by atoms with Crippen LogP contribution in [0.1, 0.15) is 41.5 Å². The first-order valence-corrected chi connectivity index (χ1v) is 15.9. The first kappa shape index (κ1) is 27.8. The zero-order valence-corrected chi connectivity index (χ0v) is 24.1. The number of aliphatic carboxylic acids is 1. The zero-order chi connectivity index (χ0) is 28.7. The van der Waals surface area contributed by atoms with Gasteiger partial charge in [-0.3, -0.25) is 4.79 Å². The first-order chi connectivity index (χ1) is 19.7. The van der Waals surface area contributed by atoms with Crippen LogP contribution in [-0.4, -0.2) is 62.9 Å². The van der Waals surface area contributed by atoms with Crippen LogP contribution in [0.25, 0.3) is 0 Å². The van der Waals surface area contributed by atoms with E-state index in [1.807, 2.05) is 24.3 Å². The number of para-hydroxylation sites is 1. The molecule has 3 aromatic rings. The molecular formula is C32H36N2O6S. The maximum atomic E-state index is 12.1. The van der Waals surface area contributed by atoms with Gasteiger partial charge in [-0.2, -0.15) is 0 Å². The molecule has 3 aliphatic rings. The molecule has 0 radical (unpaired) electrons. The van der Waals surface area contributed by atoms with E-state index in [1.54, 1.807) is 4.31 Å². The predicted molar refractivity (Wildman–Crippen MR) is 157 cm³/mol. The molecule has 1 spiro atoms. The van der Waals surface area contributed by atoms with Crippen LogP contribution in [0.2, 0.25) is 0 Å². The fourth-order valence-corrected chi connectivity index (χ4v) is 7.44. The van der Waals surface area contributed by atoms with E-state index in [-0.39, 0.29) is 11.8 Å². The van der Waals surface area contributed by atoms with Crippen molar-refractivity contribution in [1.82, 2.24) is 4.31 Å². The molecule has 3 aliphatic heterocycles. The van der Waals surface area contributed by atoms with Gasteiger partial charge >= 0.3 is 5.97 Å². The summed E-state index contributed by atoms with van der Waals surface area (Å²) in [5, 5.41) is 9.27. The van der Waals surface area contributed by atoms with Crippen molar-refractivity contribution in [1.29, 1.82) is 0 Å². The van der Waals surface area contributed by atoms with Crippen LogP contribution in [-0.2, 0) is 43.5 Å². The molecule has 2 saturated heterocycles. The number of hydrogen-bond acceptors (Lipinski definition) is 6. The molecule has 0 amide bonds. The Hall–Kier alpha value is -3.40. The van der Waals surface area contributed by atoms with Gasteiger partial charge in [-0.1, -0.05) is 54.6 Å². The van der Waals surface area contributed by atoms with Crippen LogP contribution in [0.5, 0.6) is 5.75 Å². The number of carboxylic acids is 1. The van der Waals surface area contributed by atoms with Gasteiger partial charge in [0.15, 0.2) is 0 Å². The Balaban J connectivity index is 1.07. The predicted octanol–water partition coefficient (Wildman–Crippen LogP) is 4.32. The largest absolute Gasteiger partial charge is 0.489 e. The molecule has 0 unspecified atom stereocenters. The number of anilines is 1. The van der Waals surface area contributed by atoms with Crippen molar-refractivity contribution < 1.29 is 27.8 Å². The third-order valence-corrected chi connectivity index (χ3v) is 10.3. The number of carbonyl (C=O) groups is 1. The number of carboxylic acid groups (broad SMARTS) is 1. The maximum absolute atomic E-state index is 12.1. The Kier molecular flexibility index (Phi) is 7.30. The maximum Gasteiger partial charge on any atom is 0.304 e. The van der Waals surface area contributed by atoms with Crippen molar-refractivity contribution in [2.45, 2.75) is 43.2 Å². The van der Waals surface area contributed by atoms with Crippen LogP contribution >= 0.6 is 0 Å². The Morgan fingerprint density at radius 1 is 0.951 bits per heavy atom. The number of piperidine rings is 1. The van der Waals surface area contributed by atoms with Crippen LogP contribution in [0.15, 0.2) is 72.8 Å². The molecule has 41 heavy (non-hydrogen) atoms. The van der Waals surface area contributed by atoms with Crippen molar-refractivity contribution in [3.8, 4) is 5.75 Å². The first-order valence-electron chi connectivity index (χ1n) is 14.1. The molecule has 0 bridgehead atoms. The lowest BCUT2D eigenvalue weighted by atomic mass is 9.75. The normalized spacial score (nSPS) is 19.5. The highest BCUT2D eigenvalue weighted by molar-refractivity contribution is 7.88. The fraction of sp³-hybridized carbons (Fsp3) is 0.406. The molecule has 0 saturated carbocycles. The van der Waals surface area contributed by atoms with E-state index in [2.05, 4.69) is 53.4 Å². The second-order valence-electron chi connectivity index (χ2n) is 11.8. The highest BCUT2D eigenvalue weighted by atomic mass is 32.2. The van der Waals surface area contributed by atoms with Gasteiger partial charge in [-0.15, -0.1) is 0 Å². The van der Waals surface area contributed by atoms with Gasteiger partial charge in [0.2, 0.25) is 10.0 Å². The molecule has 1 N–H and O–H groups in total. The highest BCUT2D eigenvalue weighted by Crippen LogP contribution is 2.47. The number of benzene rings is 3. The molecule has 3 heterocycles. The molecule has 0 atom stereocenters. The average molecular weight is 577 g/mol. The molecule has 8 nitrogen and oxygen atoms in total. The minimum atomic E-state index is -3.16. The molecule has 6 rings (SSSR count). The van der Waals surface area contributed by atoms with E-state index in [9.17, 15) is 18.3 Å². The van der Waals surface area contributed by atoms with Gasteiger partial charge in [0, 0.05) is 37.3 Å². The molecule has 2 fully saturated rings. The summed E-state index contributed by atoms with van der Waals surface area (Å²) in [5.41, 5.74) is 5.37. The van der Waals surface area contributed by atoms with Crippen molar-refractivity contribution in [2.75, 3.05) is 44.0 Å². The quantitative estimate of drug-likeness (QED) is 0.405. The standard InChI is InChI=1S/C32H36N2O6S/c1-41(37,38)34-16-14-31(15-17-34)21-33(29-5-3-2-4-28(29)31)19-24-6-8-25(9-7-24)20-40-27-12-10-26(11-13-27)32(18-30(35)36)22-39-23-32/h2-13H,14-23H2,1H3,(H,35,36). The van der Waals surface area contributed by atoms with Crippen LogP contribution in [0.4, 0.5) is 5.69 Å². The van der Waals surface area contributed by atoms with E-state index in [0.29, 0.717) is 32.9 Å². The number of nitrogens with zero attached hydrogens (tertiary/aromatic N) is 2. The number of rotatable bonds is 9. The van der Waals surface area contributed by atoms with E-state index >= 15 is 0 Å².